The fourth-order valence-electron chi connectivity index (χ4n) is 6.88. The highest BCUT2D eigenvalue weighted by atomic mass is 32.2. The Morgan fingerprint density at radius 2 is 1.43 bits per heavy atom. The van der Waals surface area contributed by atoms with Crippen LogP contribution in [0.15, 0.2) is 53.4 Å². The van der Waals surface area contributed by atoms with Crippen LogP contribution in [-0.4, -0.2) is 42.3 Å². The van der Waals surface area contributed by atoms with Crippen molar-refractivity contribution in [3.63, 3.8) is 0 Å². The van der Waals surface area contributed by atoms with Crippen LogP contribution in [0.4, 0.5) is 0 Å². The van der Waals surface area contributed by atoms with Gasteiger partial charge < -0.3 is 10.3 Å². The molecule has 0 radical (unpaired) electrons. The number of amides is 1. The molecule has 2 aliphatic rings. The Hall–Kier alpha value is -2.71. The maximum atomic E-state index is 13.9. The molecule has 0 aliphatic heterocycles. The van der Waals surface area contributed by atoms with Crippen LogP contribution in [0.5, 0.6) is 0 Å². The van der Waals surface area contributed by atoms with Crippen molar-refractivity contribution >= 4 is 27.0 Å². The van der Waals surface area contributed by atoms with Gasteiger partial charge in [0.1, 0.15) is 11.4 Å². The first-order chi connectivity index (χ1) is 17.8. The molecule has 2 aliphatic carbocycles. The van der Waals surface area contributed by atoms with Gasteiger partial charge in [0.05, 0.1) is 15.9 Å². The lowest BCUT2D eigenvalue weighted by Gasteiger charge is -2.48. The van der Waals surface area contributed by atoms with E-state index < -0.39 is 15.6 Å². The molecule has 0 bridgehead atoms. The fourth-order valence-corrected chi connectivity index (χ4v) is 7.78. The Morgan fingerprint density at radius 1 is 0.892 bits per heavy atom. The summed E-state index contributed by atoms with van der Waals surface area (Å²) in [7, 11) is -0.503. The number of hydrogen-bond donors (Lipinski definition) is 1. The minimum atomic E-state index is -3.55. The SMILES string of the molecule is CN(C)S(=O)(=O)c1ccc(-c2nc3ccccc3n2C(C(N)=O)(C2CCCCC2)C2CCCCC2)cc1. The van der Waals surface area contributed by atoms with Gasteiger partial charge >= 0.3 is 0 Å². The number of primary amides is 1. The summed E-state index contributed by atoms with van der Waals surface area (Å²) in [6.45, 7) is 0. The molecule has 2 aromatic carbocycles. The van der Waals surface area contributed by atoms with Crippen molar-refractivity contribution in [2.45, 2.75) is 74.6 Å². The smallest absolute Gasteiger partial charge is 0.244 e. The molecule has 37 heavy (non-hydrogen) atoms. The van der Waals surface area contributed by atoms with Crippen molar-refractivity contribution in [3.8, 4) is 11.4 Å². The molecule has 2 N–H and O–H groups in total. The monoisotopic (exact) mass is 522 g/mol. The van der Waals surface area contributed by atoms with E-state index >= 15 is 0 Å². The highest BCUT2D eigenvalue weighted by Crippen LogP contribution is 2.50. The van der Waals surface area contributed by atoms with Gasteiger partial charge in [0.15, 0.2) is 0 Å². The van der Waals surface area contributed by atoms with Crippen molar-refractivity contribution < 1.29 is 13.2 Å². The second-order valence-corrected chi connectivity index (χ2v) is 13.1. The molecule has 1 aromatic heterocycles. The minimum absolute atomic E-state index is 0.145. The van der Waals surface area contributed by atoms with Crippen LogP contribution in [0.2, 0.25) is 0 Å². The molecule has 7 nitrogen and oxygen atoms in total. The number of hydrogen-bond acceptors (Lipinski definition) is 4. The summed E-state index contributed by atoms with van der Waals surface area (Å²) in [6.07, 6.45) is 10.7. The Morgan fingerprint density at radius 3 is 1.95 bits per heavy atom. The van der Waals surface area contributed by atoms with Gasteiger partial charge in [-0.15, -0.1) is 0 Å². The number of aromatic nitrogens is 2. The van der Waals surface area contributed by atoms with E-state index in [1.165, 1.54) is 31.2 Å². The van der Waals surface area contributed by atoms with Gasteiger partial charge in [0.25, 0.3) is 0 Å². The van der Waals surface area contributed by atoms with E-state index in [0.29, 0.717) is 5.82 Å². The molecule has 0 spiro atoms. The lowest BCUT2D eigenvalue weighted by molar-refractivity contribution is -0.135. The third-order valence-corrected chi connectivity index (χ3v) is 10.5. The van der Waals surface area contributed by atoms with E-state index in [4.69, 9.17) is 10.7 Å². The van der Waals surface area contributed by atoms with Gasteiger partial charge in [-0.05, 0) is 73.9 Å². The lowest BCUT2D eigenvalue weighted by atomic mass is 9.63. The molecule has 2 fully saturated rings. The van der Waals surface area contributed by atoms with Crippen molar-refractivity contribution in [3.05, 3.63) is 48.5 Å². The first kappa shape index (κ1) is 25.9. The second kappa shape index (κ2) is 10.2. The summed E-state index contributed by atoms with van der Waals surface area (Å²) < 4.78 is 28.8. The summed E-state index contributed by atoms with van der Waals surface area (Å²) in [6, 6.07) is 14.8. The van der Waals surface area contributed by atoms with Gasteiger partial charge in [0.2, 0.25) is 15.9 Å². The zero-order chi connectivity index (χ0) is 26.2. The number of imidazole rings is 1. The maximum absolute atomic E-state index is 13.9. The summed E-state index contributed by atoms with van der Waals surface area (Å²) in [5.41, 5.74) is 8.15. The van der Waals surface area contributed by atoms with Crippen molar-refractivity contribution in [2.75, 3.05) is 14.1 Å². The Balaban J connectivity index is 1.76. The largest absolute Gasteiger partial charge is 0.368 e. The summed E-state index contributed by atoms with van der Waals surface area (Å²) >= 11 is 0. The summed E-state index contributed by atoms with van der Waals surface area (Å²) in [5.74, 6) is 0.714. The van der Waals surface area contributed by atoms with Gasteiger partial charge in [-0.1, -0.05) is 50.7 Å². The predicted octanol–water partition coefficient (Wildman–Crippen LogP) is 5.29. The first-order valence-electron chi connectivity index (χ1n) is 13.6. The van der Waals surface area contributed by atoms with Crippen LogP contribution in [0.25, 0.3) is 22.4 Å². The normalized spacial score (nSPS) is 18.5. The van der Waals surface area contributed by atoms with Crippen LogP contribution >= 0.6 is 0 Å². The topological polar surface area (TPSA) is 98.3 Å². The van der Waals surface area contributed by atoms with Gasteiger partial charge in [-0.3, -0.25) is 4.79 Å². The molecule has 0 unspecified atom stereocenters. The van der Waals surface area contributed by atoms with Crippen molar-refractivity contribution in [1.82, 2.24) is 13.9 Å². The van der Waals surface area contributed by atoms with E-state index in [-0.39, 0.29) is 22.6 Å². The van der Waals surface area contributed by atoms with Crippen molar-refractivity contribution in [2.24, 2.45) is 17.6 Å². The van der Waals surface area contributed by atoms with Gasteiger partial charge in [-0.2, -0.15) is 0 Å². The third kappa shape index (κ3) is 4.38. The first-order valence-corrected chi connectivity index (χ1v) is 15.0. The molecule has 2 saturated carbocycles. The van der Waals surface area contributed by atoms with Gasteiger partial charge in [0, 0.05) is 19.7 Å². The zero-order valence-electron chi connectivity index (χ0n) is 21.9. The molecule has 1 heterocycles. The molecule has 1 amide bonds. The average molecular weight is 523 g/mol. The molecule has 8 heteroatoms. The number of sulfonamides is 1. The van der Waals surface area contributed by atoms with Crippen LogP contribution in [0.1, 0.15) is 64.2 Å². The maximum Gasteiger partial charge on any atom is 0.244 e. The number of para-hydroxylation sites is 2. The molecular formula is C29H38N4O3S. The number of benzene rings is 2. The van der Waals surface area contributed by atoms with E-state index in [1.807, 2.05) is 36.4 Å². The zero-order valence-corrected chi connectivity index (χ0v) is 22.7. The van der Waals surface area contributed by atoms with E-state index in [0.717, 1.165) is 68.0 Å². The molecule has 0 atom stereocenters. The second-order valence-electron chi connectivity index (χ2n) is 10.9. The predicted molar refractivity (Wildman–Crippen MR) is 146 cm³/mol. The number of carbonyl (C=O) groups is 1. The molecule has 198 valence electrons. The van der Waals surface area contributed by atoms with Crippen LogP contribution < -0.4 is 5.73 Å². The number of fused-ring (bicyclic) bond motifs is 1. The molecular weight excluding hydrogens is 484 g/mol. The number of rotatable bonds is 7. The average Bonchev–Trinajstić information content (AvgIpc) is 3.30. The summed E-state index contributed by atoms with van der Waals surface area (Å²) in [5, 5.41) is 0. The standard InChI is InChI=1S/C29H38N4O3S/c1-32(2)37(35,36)24-19-17-21(18-20-24)27-31-25-15-9-10-16-26(25)33(27)29(28(30)34,22-11-5-3-6-12-22)23-13-7-4-8-14-23/h9-10,15-20,22-23H,3-8,11-14H2,1-2H3,(H2,30,34). The highest BCUT2D eigenvalue weighted by molar-refractivity contribution is 7.89. The van der Waals surface area contributed by atoms with E-state index in [9.17, 15) is 13.2 Å². The van der Waals surface area contributed by atoms with Crippen LogP contribution in [0, 0.1) is 11.8 Å². The molecule has 0 saturated heterocycles. The lowest BCUT2D eigenvalue weighted by Crippen LogP contribution is -2.58. The Labute approximate surface area is 220 Å². The molecule has 5 rings (SSSR count). The summed E-state index contributed by atoms with van der Waals surface area (Å²) in [4.78, 5) is 19.2. The number of nitrogens with two attached hydrogens (primary N) is 1. The van der Waals surface area contributed by atoms with Crippen LogP contribution in [-0.2, 0) is 20.4 Å². The Bertz CT molecular complexity index is 1350. The van der Waals surface area contributed by atoms with E-state index in [1.54, 1.807) is 12.1 Å². The minimum Gasteiger partial charge on any atom is -0.368 e. The van der Waals surface area contributed by atoms with Crippen LogP contribution in [0.3, 0.4) is 0 Å². The van der Waals surface area contributed by atoms with Crippen molar-refractivity contribution in [1.29, 1.82) is 0 Å². The number of nitrogens with zero attached hydrogens (tertiary/aromatic N) is 3. The quantitative estimate of drug-likeness (QED) is 0.455. The number of carbonyl (C=O) groups excluding carboxylic acids is 1. The Kier molecular flexibility index (Phi) is 7.16. The highest BCUT2D eigenvalue weighted by Gasteiger charge is 2.53. The fraction of sp³-hybridized carbons (Fsp3) is 0.517. The third-order valence-electron chi connectivity index (χ3n) is 8.67. The van der Waals surface area contributed by atoms with Gasteiger partial charge in [-0.25, -0.2) is 17.7 Å². The molecule has 3 aromatic rings. The van der Waals surface area contributed by atoms with E-state index in [2.05, 4.69) is 4.57 Å².